The summed E-state index contributed by atoms with van der Waals surface area (Å²) in [5.41, 5.74) is 7.11. The number of nitrogens with zero attached hydrogens (tertiary/aromatic N) is 3. The summed E-state index contributed by atoms with van der Waals surface area (Å²) < 4.78 is 2.36. The SMILES string of the molecule is Cc1nc2cc(C(=O)N[C@@H](Cc3c[nH]c4ccc(O)cc34)c3cscn3)ccc2n1C1CCCCC1. The van der Waals surface area contributed by atoms with Gasteiger partial charge in [0.25, 0.3) is 5.91 Å². The molecule has 0 aliphatic heterocycles. The fourth-order valence-electron chi connectivity index (χ4n) is 5.58. The lowest BCUT2D eigenvalue weighted by Gasteiger charge is -2.25. The molecule has 0 spiro atoms. The molecule has 7 nitrogen and oxygen atoms in total. The van der Waals surface area contributed by atoms with E-state index in [1.807, 2.05) is 35.8 Å². The second kappa shape index (κ2) is 9.43. The summed E-state index contributed by atoms with van der Waals surface area (Å²) in [6, 6.07) is 11.3. The molecule has 8 heteroatoms. The molecule has 3 heterocycles. The van der Waals surface area contributed by atoms with Crippen LogP contribution >= 0.6 is 11.3 Å². The van der Waals surface area contributed by atoms with Crippen LogP contribution in [0.25, 0.3) is 21.9 Å². The molecule has 0 saturated heterocycles. The van der Waals surface area contributed by atoms with Crippen molar-refractivity contribution in [2.24, 2.45) is 0 Å². The van der Waals surface area contributed by atoms with Gasteiger partial charge in [-0.05, 0) is 61.7 Å². The average molecular weight is 500 g/mol. The van der Waals surface area contributed by atoms with E-state index in [1.165, 1.54) is 43.4 Å². The van der Waals surface area contributed by atoms with Crippen LogP contribution in [-0.4, -0.2) is 30.5 Å². The van der Waals surface area contributed by atoms with Crippen molar-refractivity contribution in [3.63, 3.8) is 0 Å². The number of aromatic hydroxyl groups is 1. The first-order valence-electron chi connectivity index (χ1n) is 12.5. The van der Waals surface area contributed by atoms with Crippen molar-refractivity contribution in [1.29, 1.82) is 0 Å². The Hall–Kier alpha value is -3.65. The lowest BCUT2D eigenvalue weighted by atomic mass is 9.95. The Bertz CT molecular complexity index is 1530. The van der Waals surface area contributed by atoms with Crippen LogP contribution in [0.2, 0.25) is 0 Å². The van der Waals surface area contributed by atoms with E-state index >= 15 is 0 Å². The van der Waals surface area contributed by atoms with Gasteiger partial charge in [-0.15, -0.1) is 11.3 Å². The average Bonchev–Trinajstić information content (AvgIpc) is 3.62. The molecule has 0 radical (unpaired) electrons. The van der Waals surface area contributed by atoms with Gasteiger partial charge in [-0.1, -0.05) is 19.3 Å². The molecule has 1 aliphatic carbocycles. The molecule has 1 saturated carbocycles. The highest BCUT2D eigenvalue weighted by molar-refractivity contribution is 7.07. The van der Waals surface area contributed by atoms with Crippen molar-refractivity contribution in [1.82, 2.24) is 24.8 Å². The molecule has 0 unspecified atom stereocenters. The highest BCUT2D eigenvalue weighted by atomic mass is 32.1. The number of aromatic nitrogens is 4. The minimum atomic E-state index is -0.303. The van der Waals surface area contributed by atoms with E-state index in [1.54, 1.807) is 17.6 Å². The number of phenols is 1. The maximum Gasteiger partial charge on any atom is 0.251 e. The van der Waals surface area contributed by atoms with Gasteiger partial charge in [0.2, 0.25) is 0 Å². The largest absolute Gasteiger partial charge is 0.508 e. The molecule has 1 fully saturated rings. The Labute approximate surface area is 213 Å². The van der Waals surface area contributed by atoms with Crippen LogP contribution in [0.1, 0.15) is 71.6 Å². The van der Waals surface area contributed by atoms with Gasteiger partial charge in [0.05, 0.1) is 28.3 Å². The van der Waals surface area contributed by atoms with Crippen molar-refractivity contribution in [2.75, 3.05) is 0 Å². The molecule has 1 aliphatic rings. The molecular formula is C28H29N5O2S. The summed E-state index contributed by atoms with van der Waals surface area (Å²) in [6.45, 7) is 2.06. The third kappa shape index (κ3) is 4.26. The van der Waals surface area contributed by atoms with Gasteiger partial charge in [-0.25, -0.2) is 9.97 Å². The second-order valence-corrected chi connectivity index (χ2v) is 10.4. The number of aryl methyl sites for hydroxylation is 1. The zero-order valence-electron chi connectivity index (χ0n) is 20.2. The van der Waals surface area contributed by atoms with Crippen molar-refractivity contribution >= 4 is 39.2 Å². The predicted molar refractivity (Wildman–Crippen MR) is 143 cm³/mol. The first-order valence-corrected chi connectivity index (χ1v) is 13.5. The Morgan fingerprint density at radius 3 is 2.89 bits per heavy atom. The number of phenolic OH excluding ortho intramolecular Hbond substituents is 1. The van der Waals surface area contributed by atoms with E-state index < -0.39 is 0 Å². The number of nitrogens with one attached hydrogen (secondary N) is 2. The van der Waals surface area contributed by atoms with Gasteiger partial charge < -0.3 is 20.0 Å². The number of hydrogen-bond donors (Lipinski definition) is 3. The molecule has 1 atom stereocenters. The molecular weight excluding hydrogens is 470 g/mol. The number of aromatic amines is 1. The van der Waals surface area contributed by atoms with Crippen molar-refractivity contribution in [3.8, 4) is 5.75 Å². The van der Waals surface area contributed by atoms with Crippen LogP contribution in [0.4, 0.5) is 0 Å². The summed E-state index contributed by atoms with van der Waals surface area (Å²) in [5, 5.41) is 16.1. The summed E-state index contributed by atoms with van der Waals surface area (Å²) in [6.07, 6.45) is 8.70. The summed E-state index contributed by atoms with van der Waals surface area (Å²) in [5.74, 6) is 1.08. The lowest BCUT2D eigenvalue weighted by molar-refractivity contribution is 0.0936. The Kier molecular flexibility index (Phi) is 5.97. The van der Waals surface area contributed by atoms with E-state index in [0.717, 1.165) is 39.0 Å². The molecule has 3 N–H and O–H groups in total. The van der Waals surface area contributed by atoms with Gasteiger partial charge in [0.15, 0.2) is 0 Å². The normalized spacial score (nSPS) is 15.5. The number of thiazole rings is 1. The quantitative estimate of drug-likeness (QED) is 0.259. The molecule has 5 aromatic rings. The maximum atomic E-state index is 13.4. The van der Waals surface area contributed by atoms with E-state index in [-0.39, 0.29) is 17.7 Å². The number of amides is 1. The third-order valence-corrected chi connectivity index (χ3v) is 7.96. The van der Waals surface area contributed by atoms with Crippen LogP contribution < -0.4 is 5.32 Å². The van der Waals surface area contributed by atoms with Crippen molar-refractivity contribution in [2.45, 2.75) is 57.5 Å². The van der Waals surface area contributed by atoms with Gasteiger partial charge >= 0.3 is 0 Å². The zero-order chi connectivity index (χ0) is 24.6. The first kappa shape index (κ1) is 22.8. The van der Waals surface area contributed by atoms with Crippen molar-refractivity contribution < 1.29 is 9.90 Å². The Balaban J connectivity index is 1.28. The minimum absolute atomic E-state index is 0.151. The highest BCUT2D eigenvalue weighted by Crippen LogP contribution is 2.33. The topological polar surface area (TPSA) is 95.8 Å². The van der Waals surface area contributed by atoms with Gasteiger partial charge in [-0.2, -0.15) is 0 Å². The summed E-state index contributed by atoms with van der Waals surface area (Å²) in [4.78, 5) is 26.0. The zero-order valence-corrected chi connectivity index (χ0v) is 21.0. The van der Waals surface area contributed by atoms with E-state index in [4.69, 9.17) is 4.98 Å². The maximum absolute atomic E-state index is 13.4. The number of H-pyrrole nitrogens is 1. The third-order valence-electron chi connectivity index (χ3n) is 7.36. The Morgan fingerprint density at radius 1 is 1.22 bits per heavy atom. The number of carbonyl (C=O) groups excluding carboxylic acids is 1. The molecule has 2 aromatic carbocycles. The molecule has 0 bridgehead atoms. The number of rotatable bonds is 6. The smallest absolute Gasteiger partial charge is 0.251 e. The van der Waals surface area contributed by atoms with Crippen LogP contribution in [0.15, 0.2) is 53.5 Å². The minimum Gasteiger partial charge on any atom is -0.508 e. The molecule has 184 valence electrons. The lowest BCUT2D eigenvalue weighted by Crippen LogP contribution is -2.30. The predicted octanol–water partition coefficient (Wildman–Crippen LogP) is 6.21. The number of carbonyl (C=O) groups is 1. The van der Waals surface area contributed by atoms with E-state index in [0.29, 0.717) is 18.0 Å². The molecule has 3 aromatic heterocycles. The van der Waals surface area contributed by atoms with Crippen LogP contribution in [-0.2, 0) is 6.42 Å². The second-order valence-electron chi connectivity index (χ2n) is 9.71. The van der Waals surface area contributed by atoms with Crippen molar-refractivity contribution in [3.05, 3.63) is 76.1 Å². The standard InChI is InChI=1S/C28H29N5O2S/c1-17-31-25-11-18(7-10-27(25)33(17)20-5-3-2-4-6-20)28(35)32-24(26-15-36-16-30-26)12-19-14-29-23-9-8-21(34)13-22(19)23/h7-11,13-16,20,24,29,34H,2-6,12H2,1H3,(H,32,35)/t24-/m0/s1. The van der Waals surface area contributed by atoms with Crippen LogP contribution in [0.5, 0.6) is 5.75 Å². The number of hydrogen-bond acceptors (Lipinski definition) is 5. The fraction of sp³-hybridized carbons (Fsp3) is 0.321. The molecule has 36 heavy (non-hydrogen) atoms. The van der Waals surface area contributed by atoms with Crippen LogP contribution in [0.3, 0.4) is 0 Å². The first-order chi connectivity index (χ1) is 17.6. The van der Waals surface area contributed by atoms with Crippen LogP contribution in [0, 0.1) is 6.92 Å². The monoisotopic (exact) mass is 499 g/mol. The highest BCUT2D eigenvalue weighted by Gasteiger charge is 2.23. The van der Waals surface area contributed by atoms with Gasteiger partial charge in [-0.3, -0.25) is 4.79 Å². The Morgan fingerprint density at radius 2 is 2.08 bits per heavy atom. The number of fused-ring (bicyclic) bond motifs is 2. The molecule has 1 amide bonds. The number of benzene rings is 2. The van der Waals surface area contributed by atoms with E-state index in [9.17, 15) is 9.90 Å². The molecule has 6 rings (SSSR count). The van der Waals surface area contributed by atoms with Gasteiger partial charge in [0.1, 0.15) is 11.6 Å². The van der Waals surface area contributed by atoms with Gasteiger partial charge in [0, 0.05) is 40.5 Å². The summed E-state index contributed by atoms with van der Waals surface area (Å²) >= 11 is 1.51. The summed E-state index contributed by atoms with van der Waals surface area (Å²) in [7, 11) is 0. The fourth-order valence-corrected chi connectivity index (χ4v) is 6.19. The van der Waals surface area contributed by atoms with E-state index in [2.05, 4.69) is 26.8 Å². The number of imidazole rings is 1.